The van der Waals surface area contributed by atoms with E-state index in [9.17, 15) is 0 Å². The average molecular weight is 258 g/mol. The third-order valence-corrected chi connectivity index (χ3v) is 4.66. The fourth-order valence-corrected chi connectivity index (χ4v) is 3.65. The van der Waals surface area contributed by atoms with E-state index in [0.29, 0.717) is 0 Å². The summed E-state index contributed by atoms with van der Waals surface area (Å²) in [7, 11) is 0. The van der Waals surface area contributed by atoms with E-state index < -0.39 is 0 Å². The van der Waals surface area contributed by atoms with Gasteiger partial charge in [-0.25, -0.2) is 0 Å². The van der Waals surface area contributed by atoms with Crippen molar-refractivity contribution in [3.63, 3.8) is 0 Å². The molecule has 0 aromatic carbocycles. The van der Waals surface area contributed by atoms with E-state index >= 15 is 0 Å². The molecule has 0 radical (unpaired) electrons. The summed E-state index contributed by atoms with van der Waals surface area (Å²) in [5, 5.41) is 3.70. The second-order valence-corrected chi connectivity index (χ2v) is 6.25. The number of likely N-dealkylation sites (tertiary alicyclic amines) is 1. The van der Waals surface area contributed by atoms with Crippen LogP contribution in [0, 0.1) is 5.92 Å². The normalized spacial score (nSPS) is 28.2. The highest BCUT2D eigenvalue weighted by atomic mass is 32.2. The van der Waals surface area contributed by atoms with Crippen molar-refractivity contribution in [2.75, 3.05) is 31.6 Å². The van der Waals surface area contributed by atoms with Crippen molar-refractivity contribution in [1.29, 1.82) is 0 Å². The number of rotatable bonds is 7. The third-order valence-electron chi connectivity index (χ3n) is 3.94. The summed E-state index contributed by atoms with van der Waals surface area (Å²) in [5.74, 6) is 2.09. The number of hydrogen-bond donors (Lipinski definition) is 1. The highest BCUT2D eigenvalue weighted by molar-refractivity contribution is 7.98. The maximum Gasteiger partial charge on any atom is 0.0183 e. The zero-order valence-corrected chi connectivity index (χ0v) is 12.9. The molecule has 1 aliphatic rings. The van der Waals surface area contributed by atoms with Gasteiger partial charge in [0.05, 0.1) is 0 Å². The van der Waals surface area contributed by atoms with E-state index in [1.807, 2.05) is 11.8 Å². The first-order chi connectivity index (χ1) is 8.22. The molecule has 17 heavy (non-hydrogen) atoms. The van der Waals surface area contributed by atoms with E-state index in [1.54, 1.807) is 0 Å². The van der Waals surface area contributed by atoms with E-state index in [0.717, 1.165) is 18.0 Å². The Hall–Kier alpha value is 0.270. The maximum atomic E-state index is 3.70. The summed E-state index contributed by atoms with van der Waals surface area (Å²) in [4.78, 5) is 2.71. The fourth-order valence-electron chi connectivity index (χ4n) is 2.82. The Morgan fingerprint density at radius 3 is 2.71 bits per heavy atom. The molecule has 2 nitrogen and oxygen atoms in total. The van der Waals surface area contributed by atoms with Crippen LogP contribution in [0.2, 0.25) is 0 Å². The molecular weight excluding hydrogens is 228 g/mol. The first kappa shape index (κ1) is 15.3. The summed E-state index contributed by atoms with van der Waals surface area (Å²) < 4.78 is 0. The molecule has 0 amide bonds. The minimum Gasteiger partial charge on any atom is -0.314 e. The molecule has 102 valence electrons. The molecule has 1 saturated heterocycles. The zero-order chi connectivity index (χ0) is 12.7. The molecule has 1 heterocycles. The van der Waals surface area contributed by atoms with Gasteiger partial charge in [-0.2, -0.15) is 11.8 Å². The van der Waals surface area contributed by atoms with Gasteiger partial charge < -0.3 is 5.32 Å². The molecule has 3 heteroatoms. The molecule has 1 fully saturated rings. The first-order valence-corrected chi connectivity index (χ1v) is 8.58. The number of hydrogen-bond acceptors (Lipinski definition) is 3. The standard InChI is InChI=1S/C14H30N2S/c1-5-8-15-14-7-9-16(10-12(14)3)13(6-2)11-17-4/h12-15H,5-11H2,1-4H3. The Morgan fingerprint density at radius 1 is 1.41 bits per heavy atom. The van der Waals surface area contributed by atoms with Gasteiger partial charge in [0.1, 0.15) is 0 Å². The van der Waals surface area contributed by atoms with Crippen LogP contribution in [0.3, 0.4) is 0 Å². The molecule has 0 saturated carbocycles. The van der Waals surface area contributed by atoms with Crippen molar-refractivity contribution in [3.05, 3.63) is 0 Å². The van der Waals surface area contributed by atoms with Crippen LogP contribution in [0.5, 0.6) is 0 Å². The second-order valence-electron chi connectivity index (χ2n) is 5.34. The van der Waals surface area contributed by atoms with Gasteiger partial charge in [-0.05, 0) is 44.5 Å². The fraction of sp³-hybridized carbons (Fsp3) is 1.00. The predicted molar refractivity (Wildman–Crippen MR) is 79.9 cm³/mol. The third kappa shape index (κ3) is 4.80. The number of piperidine rings is 1. The van der Waals surface area contributed by atoms with Gasteiger partial charge in [0, 0.05) is 24.4 Å². The summed E-state index contributed by atoms with van der Waals surface area (Å²) in [6.07, 6.45) is 6.09. The molecule has 0 aromatic rings. The zero-order valence-electron chi connectivity index (χ0n) is 12.0. The molecule has 1 aliphatic heterocycles. The first-order valence-electron chi connectivity index (χ1n) is 7.19. The van der Waals surface area contributed by atoms with Crippen LogP contribution >= 0.6 is 11.8 Å². The molecule has 0 bridgehead atoms. The van der Waals surface area contributed by atoms with Crippen LogP contribution in [0.4, 0.5) is 0 Å². The van der Waals surface area contributed by atoms with E-state index in [2.05, 4.69) is 37.2 Å². The van der Waals surface area contributed by atoms with Crippen molar-refractivity contribution in [2.24, 2.45) is 5.92 Å². The Balaban J connectivity index is 2.39. The molecule has 0 aliphatic carbocycles. The van der Waals surface area contributed by atoms with Crippen LogP contribution in [0.1, 0.15) is 40.0 Å². The monoisotopic (exact) mass is 258 g/mol. The Bertz CT molecular complexity index is 199. The number of thioether (sulfide) groups is 1. The lowest BCUT2D eigenvalue weighted by atomic mass is 9.92. The van der Waals surface area contributed by atoms with Gasteiger partial charge in [-0.15, -0.1) is 0 Å². The molecule has 3 unspecified atom stereocenters. The second kappa shape index (κ2) is 8.39. The SMILES string of the molecule is CCCNC1CCN(C(CC)CSC)CC1C. The molecule has 0 aromatic heterocycles. The van der Waals surface area contributed by atoms with Crippen LogP contribution in [0.15, 0.2) is 0 Å². The Morgan fingerprint density at radius 2 is 2.18 bits per heavy atom. The lowest BCUT2D eigenvalue weighted by Crippen LogP contribution is -2.52. The molecule has 1 rings (SSSR count). The number of nitrogens with one attached hydrogen (secondary N) is 1. The van der Waals surface area contributed by atoms with Crippen LogP contribution in [0.25, 0.3) is 0 Å². The predicted octanol–water partition coefficient (Wildman–Crippen LogP) is 2.84. The lowest BCUT2D eigenvalue weighted by molar-refractivity contribution is 0.111. The molecular formula is C14H30N2S. The largest absolute Gasteiger partial charge is 0.314 e. The van der Waals surface area contributed by atoms with Gasteiger partial charge in [0.2, 0.25) is 0 Å². The molecule has 0 spiro atoms. The van der Waals surface area contributed by atoms with Crippen LogP contribution in [-0.2, 0) is 0 Å². The van der Waals surface area contributed by atoms with Crippen LogP contribution < -0.4 is 5.32 Å². The van der Waals surface area contributed by atoms with Gasteiger partial charge in [0.25, 0.3) is 0 Å². The Labute approximate surface area is 112 Å². The topological polar surface area (TPSA) is 15.3 Å². The molecule has 1 N–H and O–H groups in total. The highest BCUT2D eigenvalue weighted by Crippen LogP contribution is 2.21. The van der Waals surface area contributed by atoms with Crippen molar-refractivity contribution in [3.8, 4) is 0 Å². The van der Waals surface area contributed by atoms with E-state index in [4.69, 9.17) is 0 Å². The van der Waals surface area contributed by atoms with Crippen molar-refractivity contribution in [1.82, 2.24) is 10.2 Å². The average Bonchev–Trinajstić information content (AvgIpc) is 2.34. The van der Waals surface area contributed by atoms with Crippen molar-refractivity contribution in [2.45, 2.75) is 52.1 Å². The molecule has 3 atom stereocenters. The Kier molecular flexibility index (Phi) is 7.56. The summed E-state index contributed by atoms with van der Waals surface area (Å²) in [6, 6.07) is 1.54. The summed E-state index contributed by atoms with van der Waals surface area (Å²) in [6.45, 7) is 10.7. The van der Waals surface area contributed by atoms with Gasteiger partial charge in [-0.1, -0.05) is 20.8 Å². The highest BCUT2D eigenvalue weighted by Gasteiger charge is 2.28. The van der Waals surface area contributed by atoms with Gasteiger partial charge in [0.15, 0.2) is 0 Å². The minimum atomic E-state index is 0.748. The number of nitrogens with zero attached hydrogens (tertiary/aromatic N) is 1. The van der Waals surface area contributed by atoms with Crippen molar-refractivity contribution >= 4 is 11.8 Å². The van der Waals surface area contributed by atoms with Crippen molar-refractivity contribution < 1.29 is 0 Å². The van der Waals surface area contributed by atoms with Gasteiger partial charge >= 0.3 is 0 Å². The lowest BCUT2D eigenvalue weighted by Gasteiger charge is -2.41. The van der Waals surface area contributed by atoms with E-state index in [-0.39, 0.29) is 0 Å². The smallest absolute Gasteiger partial charge is 0.0183 e. The van der Waals surface area contributed by atoms with Gasteiger partial charge in [-0.3, -0.25) is 4.90 Å². The maximum absolute atomic E-state index is 3.70. The minimum absolute atomic E-state index is 0.748. The summed E-state index contributed by atoms with van der Waals surface area (Å²) in [5.41, 5.74) is 0. The van der Waals surface area contributed by atoms with Crippen LogP contribution in [-0.4, -0.2) is 48.6 Å². The quantitative estimate of drug-likeness (QED) is 0.756. The van der Waals surface area contributed by atoms with E-state index in [1.165, 1.54) is 44.6 Å². The summed E-state index contributed by atoms with van der Waals surface area (Å²) >= 11 is 1.99.